The van der Waals surface area contributed by atoms with Crippen molar-refractivity contribution in [3.63, 3.8) is 0 Å². The minimum Gasteiger partial charge on any atom is -0.456 e. The second-order valence-corrected chi connectivity index (χ2v) is 5.96. The number of carbonyl (C=O) groups is 1. The molecule has 0 saturated carbocycles. The number of hydrogen-bond donors (Lipinski definition) is 2. The summed E-state index contributed by atoms with van der Waals surface area (Å²) in [4.78, 5) is 19.8. The number of aldehydes is 1. The van der Waals surface area contributed by atoms with Gasteiger partial charge in [0, 0.05) is 5.56 Å². The van der Waals surface area contributed by atoms with Gasteiger partial charge >= 0.3 is 0 Å². The van der Waals surface area contributed by atoms with Crippen molar-refractivity contribution in [1.82, 2.24) is 9.97 Å². The Bertz CT molecular complexity index is 1140. The zero-order valence-electron chi connectivity index (χ0n) is 14.3. The van der Waals surface area contributed by atoms with Crippen LogP contribution < -0.4 is 16.2 Å². The summed E-state index contributed by atoms with van der Waals surface area (Å²) in [7, 11) is 0. The zero-order chi connectivity index (χ0) is 18.8. The van der Waals surface area contributed by atoms with Gasteiger partial charge in [-0.25, -0.2) is 4.98 Å². The van der Waals surface area contributed by atoms with E-state index in [2.05, 4.69) is 9.97 Å². The van der Waals surface area contributed by atoms with E-state index < -0.39 is 0 Å². The Hall–Kier alpha value is -3.93. The maximum atomic E-state index is 11.5. The number of fused-ring (bicyclic) bond motifs is 1. The van der Waals surface area contributed by atoms with Gasteiger partial charge in [-0.15, -0.1) is 0 Å². The standard InChI is InChI=1S/C21H16N4O2/c22-20-19-17(24-21(23)25-20)10-14(16-9-5-4-6-13(16)12-26)11-18(19)27-15-7-2-1-3-8-15/h1-12H,(H4,22,23,24,25). The number of rotatable bonds is 4. The van der Waals surface area contributed by atoms with Crippen LogP contribution >= 0.6 is 0 Å². The summed E-state index contributed by atoms with van der Waals surface area (Å²) >= 11 is 0. The van der Waals surface area contributed by atoms with Crippen molar-refractivity contribution >= 4 is 29.0 Å². The van der Waals surface area contributed by atoms with Crippen LogP contribution in [-0.4, -0.2) is 16.3 Å². The number of ether oxygens (including phenoxy) is 1. The molecule has 4 N–H and O–H groups in total. The minimum absolute atomic E-state index is 0.0754. The van der Waals surface area contributed by atoms with Crippen LogP contribution in [0.2, 0.25) is 0 Å². The Balaban J connectivity index is 1.98. The van der Waals surface area contributed by atoms with E-state index in [1.165, 1.54) is 0 Å². The highest BCUT2D eigenvalue weighted by molar-refractivity contribution is 5.99. The Kier molecular flexibility index (Phi) is 4.14. The largest absolute Gasteiger partial charge is 0.456 e. The summed E-state index contributed by atoms with van der Waals surface area (Å²) in [6.45, 7) is 0. The third kappa shape index (κ3) is 3.16. The Morgan fingerprint density at radius 1 is 0.889 bits per heavy atom. The average molecular weight is 356 g/mol. The van der Waals surface area contributed by atoms with Gasteiger partial charge in [0.15, 0.2) is 6.29 Å². The van der Waals surface area contributed by atoms with Gasteiger partial charge in [-0.1, -0.05) is 42.5 Å². The molecule has 132 valence electrons. The van der Waals surface area contributed by atoms with E-state index in [1.54, 1.807) is 6.07 Å². The molecule has 0 atom stereocenters. The van der Waals surface area contributed by atoms with E-state index in [0.29, 0.717) is 28.0 Å². The molecule has 0 saturated heterocycles. The molecular weight excluding hydrogens is 340 g/mol. The average Bonchev–Trinajstić information content (AvgIpc) is 2.68. The van der Waals surface area contributed by atoms with E-state index in [9.17, 15) is 4.79 Å². The molecule has 1 heterocycles. The Morgan fingerprint density at radius 2 is 1.63 bits per heavy atom. The van der Waals surface area contributed by atoms with E-state index in [4.69, 9.17) is 16.2 Å². The van der Waals surface area contributed by atoms with Crippen LogP contribution in [0, 0.1) is 0 Å². The number of nitrogens with zero attached hydrogens (tertiary/aromatic N) is 2. The highest BCUT2D eigenvalue weighted by atomic mass is 16.5. The normalized spacial score (nSPS) is 10.7. The quantitative estimate of drug-likeness (QED) is 0.534. The van der Waals surface area contributed by atoms with E-state index in [0.717, 1.165) is 17.4 Å². The molecule has 4 rings (SSSR count). The van der Waals surface area contributed by atoms with Crippen molar-refractivity contribution in [2.45, 2.75) is 0 Å². The maximum Gasteiger partial charge on any atom is 0.222 e. The fourth-order valence-electron chi connectivity index (χ4n) is 2.99. The van der Waals surface area contributed by atoms with Gasteiger partial charge in [0.25, 0.3) is 0 Å². The molecule has 1 aromatic heterocycles. The second kappa shape index (κ2) is 6.76. The highest BCUT2D eigenvalue weighted by Gasteiger charge is 2.15. The van der Waals surface area contributed by atoms with Crippen LogP contribution in [0.3, 0.4) is 0 Å². The predicted molar refractivity (Wildman–Crippen MR) is 106 cm³/mol. The number of carbonyl (C=O) groups excluding carboxylic acids is 1. The number of anilines is 2. The summed E-state index contributed by atoms with van der Waals surface area (Å²) in [6, 6.07) is 20.3. The van der Waals surface area contributed by atoms with Crippen molar-refractivity contribution in [3.8, 4) is 22.6 Å². The number of nitrogens with two attached hydrogens (primary N) is 2. The van der Waals surface area contributed by atoms with Crippen LogP contribution in [-0.2, 0) is 0 Å². The molecule has 6 nitrogen and oxygen atoms in total. The summed E-state index contributed by atoms with van der Waals surface area (Å²) in [5, 5.41) is 0.570. The van der Waals surface area contributed by atoms with Crippen molar-refractivity contribution in [3.05, 3.63) is 72.3 Å². The van der Waals surface area contributed by atoms with Crippen molar-refractivity contribution in [1.29, 1.82) is 0 Å². The van der Waals surface area contributed by atoms with Gasteiger partial charge in [-0.2, -0.15) is 4.98 Å². The molecule has 0 aliphatic heterocycles. The molecule has 27 heavy (non-hydrogen) atoms. The van der Waals surface area contributed by atoms with Gasteiger partial charge < -0.3 is 16.2 Å². The first-order valence-corrected chi connectivity index (χ1v) is 8.30. The molecule has 0 bridgehead atoms. The number of nitrogen functional groups attached to an aromatic ring is 2. The second-order valence-electron chi connectivity index (χ2n) is 5.96. The van der Waals surface area contributed by atoms with E-state index in [-0.39, 0.29) is 11.8 Å². The molecule has 4 aromatic rings. The fourth-order valence-corrected chi connectivity index (χ4v) is 2.99. The lowest BCUT2D eigenvalue weighted by Gasteiger charge is -2.14. The van der Waals surface area contributed by atoms with Crippen LogP contribution in [0.5, 0.6) is 11.5 Å². The van der Waals surface area contributed by atoms with Gasteiger partial charge in [-0.3, -0.25) is 4.79 Å². The molecule has 0 aliphatic carbocycles. The van der Waals surface area contributed by atoms with Gasteiger partial charge in [0.2, 0.25) is 5.95 Å². The lowest BCUT2D eigenvalue weighted by Crippen LogP contribution is -2.02. The van der Waals surface area contributed by atoms with Gasteiger partial charge in [0.05, 0.1) is 10.9 Å². The molecule has 0 radical (unpaired) electrons. The third-order valence-corrected chi connectivity index (χ3v) is 4.18. The summed E-state index contributed by atoms with van der Waals surface area (Å²) < 4.78 is 6.06. The molecular formula is C21H16N4O2. The van der Waals surface area contributed by atoms with Gasteiger partial charge in [0.1, 0.15) is 17.3 Å². The number of aromatic nitrogens is 2. The fraction of sp³-hybridized carbons (Fsp3) is 0. The number of benzene rings is 3. The smallest absolute Gasteiger partial charge is 0.222 e. The minimum atomic E-state index is 0.0754. The van der Waals surface area contributed by atoms with Crippen LogP contribution in [0.25, 0.3) is 22.0 Å². The molecule has 0 fully saturated rings. The molecule has 0 amide bonds. The molecule has 3 aromatic carbocycles. The maximum absolute atomic E-state index is 11.5. The zero-order valence-corrected chi connectivity index (χ0v) is 14.3. The summed E-state index contributed by atoms with van der Waals surface area (Å²) in [6.07, 6.45) is 0.819. The summed E-state index contributed by atoms with van der Waals surface area (Å²) in [5.74, 6) is 1.45. The van der Waals surface area contributed by atoms with Crippen LogP contribution in [0.1, 0.15) is 10.4 Å². The van der Waals surface area contributed by atoms with E-state index in [1.807, 2.05) is 60.7 Å². The van der Waals surface area contributed by atoms with Crippen molar-refractivity contribution < 1.29 is 9.53 Å². The molecule has 0 aliphatic rings. The lowest BCUT2D eigenvalue weighted by molar-refractivity contribution is 0.112. The van der Waals surface area contributed by atoms with Crippen molar-refractivity contribution in [2.75, 3.05) is 11.5 Å². The SMILES string of the molecule is Nc1nc(N)c2c(Oc3ccccc3)cc(-c3ccccc3C=O)cc2n1. The summed E-state index contributed by atoms with van der Waals surface area (Å²) in [5.41, 5.74) is 14.5. The first kappa shape index (κ1) is 16.5. The molecule has 6 heteroatoms. The first-order chi connectivity index (χ1) is 13.2. The third-order valence-electron chi connectivity index (χ3n) is 4.18. The first-order valence-electron chi connectivity index (χ1n) is 8.30. The number of para-hydroxylation sites is 1. The Labute approximate surface area is 155 Å². The van der Waals surface area contributed by atoms with Crippen LogP contribution in [0.4, 0.5) is 11.8 Å². The van der Waals surface area contributed by atoms with Crippen molar-refractivity contribution in [2.24, 2.45) is 0 Å². The lowest BCUT2D eigenvalue weighted by atomic mass is 9.98. The Morgan fingerprint density at radius 3 is 2.41 bits per heavy atom. The predicted octanol–water partition coefficient (Wildman–Crippen LogP) is 4.07. The van der Waals surface area contributed by atoms with E-state index >= 15 is 0 Å². The topological polar surface area (TPSA) is 104 Å². The highest BCUT2D eigenvalue weighted by Crippen LogP contribution is 2.37. The molecule has 0 unspecified atom stereocenters. The number of hydrogen-bond acceptors (Lipinski definition) is 6. The van der Waals surface area contributed by atoms with Crippen LogP contribution in [0.15, 0.2) is 66.7 Å². The molecule has 0 spiro atoms. The van der Waals surface area contributed by atoms with Gasteiger partial charge in [-0.05, 0) is 35.4 Å². The monoisotopic (exact) mass is 356 g/mol.